The first-order valence-corrected chi connectivity index (χ1v) is 9.90. The number of imide groups is 1. The number of amides is 3. The molecule has 156 valence electrons. The first-order chi connectivity index (χ1) is 12.3. The summed E-state index contributed by atoms with van der Waals surface area (Å²) in [5.74, 6) is 2.15. The van der Waals surface area contributed by atoms with E-state index in [1.807, 2.05) is 6.92 Å². The van der Waals surface area contributed by atoms with Gasteiger partial charge in [0.1, 0.15) is 5.54 Å². The van der Waals surface area contributed by atoms with E-state index in [9.17, 15) is 9.59 Å². The van der Waals surface area contributed by atoms with E-state index in [2.05, 4.69) is 34.8 Å². The van der Waals surface area contributed by atoms with Gasteiger partial charge in [-0.2, -0.15) is 0 Å². The molecule has 2 rings (SSSR count). The van der Waals surface area contributed by atoms with Crippen LogP contribution in [0.15, 0.2) is 4.99 Å². The van der Waals surface area contributed by atoms with Gasteiger partial charge in [0.2, 0.25) is 0 Å². The fraction of sp³-hybridized carbons (Fsp3) is 0.842. The summed E-state index contributed by atoms with van der Waals surface area (Å²) in [4.78, 5) is 30.0. The molecule has 1 aliphatic carbocycles. The maximum atomic E-state index is 12.4. The summed E-state index contributed by atoms with van der Waals surface area (Å²) < 4.78 is 0. The molecule has 0 bridgehead atoms. The van der Waals surface area contributed by atoms with Crippen LogP contribution in [0.1, 0.15) is 59.8 Å². The summed E-state index contributed by atoms with van der Waals surface area (Å²) in [7, 11) is 1.77. The molecule has 2 fully saturated rings. The van der Waals surface area contributed by atoms with Crippen molar-refractivity contribution in [3.8, 4) is 0 Å². The maximum absolute atomic E-state index is 12.4. The number of hydrogen-bond acceptors (Lipinski definition) is 3. The van der Waals surface area contributed by atoms with Crippen LogP contribution < -0.4 is 16.0 Å². The van der Waals surface area contributed by atoms with Crippen molar-refractivity contribution >= 4 is 41.9 Å². The SMILES string of the molecule is CCC1(C)NC(=O)N(CCCNC(=NC)NC2CC(C)CC(C)C2)C1=O.I. The molecule has 8 heteroatoms. The van der Waals surface area contributed by atoms with Gasteiger partial charge in [-0.3, -0.25) is 14.7 Å². The van der Waals surface area contributed by atoms with E-state index in [0.717, 1.165) is 17.8 Å². The van der Waals surface area contributed by atoms with Gasteiger partial charge in [-0.05, 0) is 50.9 Å². The molecular weight excluding hydrogens is 457 g/mol. The van der Waals surface area contributed by atoms with Crippen molar-refractivity contribution in [2.24, 2.45) is 16.8 Å². The molecule has 0 aromatic rings. The predicted molar refractivity (Wildman–Crippen MR) is 119 cm³/mol. The Labute approximate surface area is 180 Å². The highest BCUT2D eigenvalue weighted by Crippen LogP contribution is 2.28. The largest absolute Gasteiger partial charge is 0.356 e. The highest BCUT2D eigenvalue weighted by atomic mass is 127. The molecule has 1 saturated heterocycles. The first-order valence-electron chi connectivity index (χ1n) is 9.90. The predicted octanol–water partition coefficient (Wildman–Crippen LogP) is 2.70. The Morgan fingerprint density at radius 3 is 2.41 bits per heavy atom. The molecule has 0 spiro atoms. The van der Waals surface area contributed by atoms with Crippen LogP contribution in [0.3, 0.4) is 0 Å². The Balaban J connectivity index is 0.00000364. The van der Waals surface area contributed by atoms with Crippen molar-refractivity contribution in [1.82, 2.24) is 20.9 Å². The van der Waals surface area contributed by atoms with E-state index >= 15 is 0 Å². The van der Waals surface area contributed by atoms with Crippen molar-refractivity contribution in [2.75, 3.05) is 20.1 Å². The van der Waals surface area contributed by atoms with Gasteiger partial charge < -0.3 is 16.0 Å². The minimum atomic E-state index is -0.753. The number of carbonyl (C=O) groups is 2. The van der Waals surface area contributed by atoms with Gasteiger partial charge in [-0.15, -0.1) is 24.0 Å². The molecule has 0 aromatic carbocycles. The smallest absolute Gasteiger partial charge is 0.325 e. The summed E-state index contributed by atoms with van der Waals surface area (Å²) in [5, 5.41) is 9.60. The van der Waals surface area contributed by atoms with E-state index in [1.165, 1.54) is 24.2 Å². The Morgan fingerprint density at radius 2 is 1.89 bits per heavy atom. The lowest BCUT2D eigenvalue weighted by Gasteiger charge is -2.32. The molecular formula is C19H36IN5O2. The molecule has 1 saturated carbocycles. The minimum absolute atomic E-state index is 0. The second-order valence-electron chi connectivity index (χ2n) is 8.18. The Bertz CT molecular complexity index is 546. The molecule has 2 aliphatic rings. The quantitative estimate of drug-likeness (QED) is 0.175. The van der Waals surface area contributed by atoms with Crippen molar-refractivity contribution in [3.05, 3.63) is 0 Å². The lowest BCUT2D eigenvalue weighted by atomic mass is 9.80. The van der Waals surface area contributed by atoms with E-state index < -0.39 is 5.54 Å². The number of nitrogens with zero attached hydrogens (tertiary/aromatic N) is 2. The summed E-state index contributed by atoms with van der Waals surface area (Å²) in [6, 6.07) is 0.170. The third-order valence-electron chi connectivity index (χ3n) is 5.65. The van der Waals surface area contributed by atoms with Gasteiger partial charge >= 0.3 is 6.03 Å². The molecule has 0 radical (unpaired) electrons. The fourth-order valence-electron chi connectivity index (χ4n) is 4.09. The number of nitrogens with one attached hydrogen (secondary N) is 3. The van der Waals surface area contributed by atoms with Crippen molar-refractivity contribution < 1.29 is 9.59 Å². The van der Waals surface area contributed by atoms with Crippen LogP contribution in [0, 0.1) is 11.8 Å². The van der Waals surface area contributed by atoms with Gasteiger partial charge in [0, 0.05) is 26.2 Å². The second kappa shape index (κ2) is 10.5. The molecule has 0 aromatic heterocycles. The molecule has 1 aliphatic heterocycles. The summed E-state index contributed by atoms with van der Waals surface area (Å²) in [5.41, 5.74) is -0.753. The number of halogens is 1. The van der Waals surface area contributed by atoms with Crippen LogP contribution in [-0.4, -0.2) is 54.5 Å². The first kappa shape index (κ1) is 24.0. The van der Waals surface area contributed by atoms with E-state index in [0.29, 0.717) is 32.0 Å². The van der Waals surface area contributed by atoms with Gasteiger partial charge in [0.05, 0.1) is 0 Å². The third-order valence-corrected chi connectivity index (χ3v) is 5.65. The topological polar surface area (TPSA) is 85.8 Å². The Morgan fingerprint density at radius 1 is 1.26 bits per heavy atom. The number of rotatable bonds is 6. The highest BCUT2D eigenvalue weighted by molar-refractivity contribution is 14.0. The number of guanidine groups is 1. The molecule has 3 N–H and O–H groups in total. The maximum Gasteiger partial charge on any atom is 0.325 e. The molecule has 3 amide bonds. The number of urea groups is 1. The molecule has 1 heterocycles. The zero-order chi connectivity index (χ0) is 19.3. The van der Waals surface area contributed by atoms with Crippen molar-refractivity contribution in [3.63, 3.8) is 0 Å². The molecule has 27 heavy (non-hydrogen) atoms. The number of carbonyl (C=O) groups excluding carboxylic acids is 2. The second-order valence-corrected chi connectivity index (χ2v) is 8.18. The zero-order valence-corrected chi connectivity index (χ0v) is 19.6. The van der Waals surface area contributed by atoms with Gasteiger partial charge in [-0.25, -0.2) is 4.79 Å². The van der Waals surface area contributed by atoms with Crippen molar-refractivity contribution in [2.45, 2.75) is 71.4 Å². The van der Waals surface area contributed by atoms with E-state index in [4.69, 9.17) is 0 Å². The Hall–Kier alpha value is -1.06. The van der Waals surface area contributed by atoms with Crippen LogP contribution in [-0.2, 0) is 4.79 Å². The number of hydrogen-bond donors (Lipinski definition) is 3. The normalized spacial score (nSPS) is 31.4. The summed E-state index contributed by atoms with van der Waals surface area (Å²) in [6.07, 6.45) is 4.93. The fourth-order valence-corrected chi connectivity index (χ4v) is 4.09. The summed E-state index contributed by atoms with van der Waals surface area (Å²) >= 11 is 0. The van der Waals surface area contributed by atoms with Gasteiger partial charge in [-0.1, -0.05) is 20.8 Å². The minimum Gasteiger partial charge on any atom is -0.356 e. The standard InChI is InChI=1S/C19H35N5O2.HI/c1-6-19(4)16(25)24(18(26)23-19)9-7-8-21-17(20-5)22-15-11-13(2)10-14(3)12-15;/h13-15H,6-12H2,1-5H3,(H,23,26)(H2,20,21,22);1H. The van der Waals surface area contributed by atoms with Crippen LogP contribution in [0.2, 0.25) is 0 Å². The Kier molecular flexibility index (Phi) is 9.30. The lowest BCUT2D eigenvalue weighted by molar-refractivity contribution is -0.130. The van der Waals surface area contributed by atoms with Gasteiger partial charge in [0.15, 0.2) is 5.96 Å². The van der Waals surface area contributed by atoms with E-state index in [-0.39, 0.29) is 35.9 Å². The zero-order valence-electron chi connectivity index (χ0n) is 17.3. The average Bonchev–Trinajstić information content (AvgIpc) is 2.79. The van der Waals surface area contributed by atoms with Crippen LogP contribution in [0.25, 0.3) is 0 Å². The van der Waals surface area contributed by atoms with Crippen LogP contribution in [0.5, 0.6) is 0 Å². The average molecular weight is 493 g/mol. The van der Waals surface area contributed by atoms with Crippen LogP contribution in [0.4, 0.5) is 4.79 Å². The van der Waals surface area contributed by atoms with E-state index in [1.54, 1.807) is 14.0 Å². The molecule has 3 unspecified atom stereocenters. The van der Waals surface area contributed by atoms with Gasteiger partial charge in [0.25, 0.3) is 5.91 Å². The molecule has 3 atom stereocenters. The highest BCUT2D eigenvalue weighted by Gasteiger charge is 2.45. The lowest BCUT2D eigenvalue weighted by Crippen LogP contribution is -2.47. The van der Waals surface area contributed by atoms with Crippen molar-refractivity contribution in [1.29, 1.82) is 0 Å². The third kappa shape index (κ3) is 6.22. The van der Waals surface area contributed by atoms with Crippen LogP contribution >= 0.6 is 24.0 Å². The monoisotopic (exact) mass is 493 g/mol. The summed E-state index contributed by atoms with van der Waals surface area (Å²) in [6.45, 7) is 9.39. The molecule has 7 nitrogen and oxygen atoms in total. The number of aliphatic imine (C=N–C) groups is 1.